The van der Waals surface area contributed by atoms with Crippen molar-refractivity contribution in [2.75, 3.05) is 13.1 Å². The van der Waals surface area contributed by atoms with Crippen LogP contribution in [0.25, 0.3) is 0 Å². The number of hydrogen-bond acceptors (Lipinski definition) is 8. The van der Waals surface area contributed by atoms with E-state index >= 15 is 0 Å². The molecule has 1 aromatic carbocycles. The molecular weight excluding hydrogens is 383 g/mol. The number of nitrogens with zero attached hydrogens (tertiary/aromatic N) is 2. The number of benzene rings is 1. The Balaban J connectivity index is 1.46. The molecule has 1 fully saturated rings. The molecule has 0 aliphatic carbocycles. The minimum absolute atomic E-state index is 0.0114. The van der Waals surface area contributed by atoms with E-state index in [1.807, 2.05) is 0 Å². The summed E-state index contributed by atoms with van der Waals surface area (Å²) in [5.74, 6) is -1.66. The molecule has 1 amide bonds. The van der Waals surface area contributed by atoms with Crippen molar-refractivity contribution >= 4 is 18.6 Å². The Labute approximate surface area is 165 Å². The van der Waals surface area contributed by atoms with Gasteiger partial charge in [0.1, 0.15) is 23.5 Å². The van der Waals surface area contributed by atoms with Crippen molar-refractivity contribution in [1.82, 2.24) is 14.9 Å². The minimum Gasteiger partial charge on any atom is -0.669 e. The summed E-state index contributed by atoms with van der Waals surface area (Å²) in [5.41, 5.74) is 6.70. The number of imidazole rings is 1. The van der Waals surface area contributed by atoms with Crippen LogP contribution in [0.2, 0.25) is 6.32 Å². The molecule has 6 N–H and O–H groups in total. The molecule has 0 radical (unpaired) electrons. The molecule has 2 aliphatic rings. The number of carbonyl (C=O) groups is 2. The maximum absolute atomic E-state index is 12.4. The number of ether oxygens (including phenoxy) is 1. The fourth-order valence-electron chi connectivity index (χ4n) is 3.47. The van der Waals surface area contributed by atoms with Crippen molar-refractivity contribution < 1.29 is 34.1 Å². The largest absolute Gasteiger partial charge is 0.669 e. The van der Waals surface area contributed by atoms with Crippen molar-refractivity contribution in [2.45, 2.75) is 24.9 Å². The Bertz CT molecular complexity index is 944. The number of aromatic amines is 1. The van der Waals surface area contributed by atoms with E-state index in [2.05, 4.69) is 9.97 Å². The first kappa shape index (κ1) is 19.2. The highest BCUT2D eigenvalue weighted by Gasteiger charge is 2.37. The van der Waals surface area contributed by atoms with E-state index in [4.69, 9.17) is 15.1 Å². The maximum atomic E-state index is 12.4. The number of carboxylic acid groups (broad SMARTS) is 1. The zero-order valence-electron chi connectivity index (χ0n) is 15.3. The summed E-state index contributed by atoms with van der Waals surface area (Å²) in [7, 11) is 0. The molecule has 12 heteroatoms. The molecular formula is C17H20BN4O7-. The van der Waals surface area contributed by atoms with Crippen LogP contribution in [0.4, 0.5) is 0 Å². The van der Waals surface area contributed by atoms with Crippen LogP contribution in [0.1, 0.15) is 27.7 Å². The van der Waals surface area contributed by atoms with Crippen LogP contribution in [0.15, 0.2) is 24.7 Å². The van der Waals surface area contributed by atoms with Gasteiger partial charge < -0.3 is 40.2 Å². The van der Waals surface area contributed by atoms with Crippen LogP contribution in [-0.4, -0.2) is 67.8 Å². The van der Waals surface area contributed by atoms with Gasteiger partial charge in [-0.2, -0.15) is 0 Å². The Morgan fingerprint density at radius 3 is 2.79 bits per heavy atom. The van der Waals surface area contributed by atoms with Crippen molar-refractivity contribution in [2.24, 2.45) is 5.73 Å². The van der Waals surface area contributed by atoms with Gasteiger partial charge in [0.2, 0.25) is 5.91 Å². The minimum atomic E-state index is -3.11. The number of H-pyrrole nitrogens is 1. The quantitative estimate of drug-likeness (QED) is 0.403. The number of aryl methyl sites for hydroxylation is 1. The van der Waals surface area contributed by atoms with Gasteiger partial charge in [0.05, 0.1) is 37.1 Å². The van der Waals surface area contributed by atoms with Gasteiger partial charge in [-0.3, -0.25) is 4.79 Å². The topological polar surface area (TPSA) is 171 Å². The Morgan fingerprint density at radius 1 is 1.38 bits per heavy atom. The third-order valence-electron chi connectivity index (χ3n) is 5.09. The lowest BCUT2D eigenvalue weighted by molar-refractivity contribution is -0.141. The maximum Gasteiger partial charge on any atom is 0.430 e. The predicted molar refractivity (Wildman–Crippen MR) is 99.2 cm³/mol. The molecule has 11 nitrogen and oxygen atoms in total. The van der Waals surface area contributed by atoms with Crippen LogP contribution in [0.3, 0.4) is 0 Å². The highest BCUT2D eigenvalue weighted by atomic mass is 16.6. The summed E-state index contributed by atoms with van der Waals surface area (Å²) in [4.78, 5) is 32.3. The summed E-state index contributed by atoms with van der Waals surface area (Å²) >= 11 is 0. The van der Waals surface area contributed by atoms with E-state index in [-0.39, 0.29) is 48.8 Å². The second-order valence-corrected chi connectivity index (χ2v) is 7.21. The van der Waals surface area contributed by atoms with E-state index in [1.165, 1.54) is 23.5 Å². The fraction of sp³-hybridized carbons (Fsp3) is 0.353. The number of aromatic nitrogens is 2. The lowest BCUT2D eigenvalue weighted by Crippen LogP contribution is -2.58. The molecule has 2 aromatic rings. The van der Waals surface area contributed by atoms with Gasteiger partial charge in [0.25, 0.3) is 0 Å². The van der Waals surface area contributed by atoms with Crippen molar-refractivity contribution in [1.29, 1.82) is 0 Å². The highest BCUT2D eigenvalue weighted by Crippen LogP contribution is 2.39. The van der Waals surface area contributed by atoms with E-state index in [1.54, 1.807) is 6.07 Å². The molecule has 1 unspecified atom stereocenters. The van der Waals surface area contributed by atoms with Crippen molar-refractivity contribution in [3.63, 3.8) is 0 Å². The number of likely N-dealkylation sites (tertiary alicyclic amines) is 1. The number of carboxylic acids is 1. The van der Waals surface area contributed by atoms with Crippen molar-refractivity contribution in [3.05, 3.63) is 41.5 Å². The Morgan fingerprint density at radius 2 is 2.14 bits per heavy atom. The molecule has 154 valence electrons. The number of aromatic carboxylic acids is 1. The van der Waals surface area contributed by atoms with Crippen LogP contribution in [0.5, 0.6) is 11.5 Å². The average Bonchev–Trinajstić information content (AvgIpc) is 3.16. The number of nitrogens with one attached hydrogen (secondary N) is 1. The number of amides is 1. The first-order valence-corrected chi connectivity index (χ1v) is 9.13. The summed E-state index contributed by atoms with van der Waals surface area (Å²) in [6.45, 7) is -2.63. The lowest BCUT2D eigenvalue weighted by atomic mass is 9.70. The number of nitrogens with two attached hydrogens (primary N) is 1. The Kier molecular flexibility index (Phi) is 4.69. The molecule has 0 spiro atoms. The highest BCUT2D eigenvalue weighted by molar-refractivity contribution is 6.59. The van der Waals surface area contributed by atoms with E-state index in [0.717, 1.165) is 0 Å². The third-order valence-corrected chi connectivity index (χ3v) is 5.09. The zero-order valence-corrected chi connectivity index (χ0v) is 15.3. The van der Waals surface area contributed by atoms with E-state index < -0.39 is 24.9 Å². The van der Waals surface area contributed by atoms with Gasteiger partial charge in [-0.15, -0.1) is 0 Å². The molecule has 0 bridgehead atoms. The lowest BCUT2D eigenvalue weighted by Gasteiger charge is -2.41. The summed E-state index contributed by atoms with van der Waals surface area (Å²) in [5, 5.41) is 29.2. The van der Waals surface area contributed by atoms with Gasteiger partial charge >= 0.3 is 12.7 Å². The molecule has 2 aliphatic heterocycles. The summed E-state index contributed by atoms with van der Waals surface area (Å²) < 4.78 is 10.9. The average molecular weight is 403 g/mol. The number of fused-ring (bicyclic) bond motifs is 1. The molecule has 4 rings (SSSR count). The standard InChI is InChI=1S/C17H20BN4O7/c19-14(11-5-20-8-21-11)16(23)22-6-10(7-22)28-12-2-1-9-3-4-18(26,27)29-15(9)13(12)17(24)25/h1-2,5,8,10,14,26-27H,3-4,6-7,19H2,(H,20,21)(H,24,25)/q-1. The van der Waals surface area contributed by atoms with Crippen molar-refractivity contribution in [3.8, 4) is 11.5 Å². The second kappa shape index (κ2) is 7.06. The van der Waals surface area contributed by atoms with Gasteiger partial charge in [-0.1, -0.05) is 12.4 Å². The first-order valence-electron chi connectivity index (χ1n) is 9.13. The predicted octanol–water partition coefficient (Wildman–Crippen LogP) is -0.744. The number of rotatable bonds is 5. The molecule has 1 aromatic heterocycles. The monoisotopic (exact) mass is 403 g/mol. The second-order valence-electron chi connectivity index (χ2n) is 7.21. The molecule has 0 saturated carbocycles. The third kappa shape index (κ3) is 3.64. The van der Waals surface area contributed by atoms with Gasteiger partial charge in [0.15, 0.2) is 0 Å². The van der Waals surface area contributed by atoms with Crippen LogP contribution < -0.4 is 15.1 Å². The van der Waals surface area contributed by atoms with Crippen LogP contribution in [-0.2, 0) is 11.2 Å². The molecule has 1 atom stereocenters. The smallest absolute Gasteiger partial charge is 0.430 e. The zero-order chi connectivity index (χ0) is 20.8. The summed E-state index contributed by atoms with van der Waals surface area (Å²) in [6, 6.07) is 2.29. The fourth-order valence-corrected chi connectivity index (χ4v) is 3.47. The number of hydrogen-bond donors (Lipinski definition) is 5. The molecule has 1 saturated heterocycles. The molecule has 29 heavy (non-hydrogen) atoms. The number of carbonyl (C=O) groups excluding carboxylic acids is 1. The SMILES string of the molecule is NC(C(=O)N1CC(Oc2ccc3c(c2C(=O)O)O[B-](O)(O)CC3)C1)c1cnc[nH]1. The summed E-state index contributed by atoms with van der Waals surface area (Å²) in [6.07, 6.45) is 2.76. The first-order chi connectivity index (χ1) is 13.7. The normalized spacial score (nSPS) is 18.9. The van der Waals surface area contributed by atoms with Crippen LogP contribution >= 0.6 is 0 Å². The van der Waals surface area contributed by atoms with E-state index in [9.17, 15) is 24.7 Å². The van der Waals surface area contributed by atoms with E-state index in [0.29, 0.717) is 11.3 Å². The van der Waals surface area contributed by atoms with Gasteiger partial charge in [-0.25, -0.2) is 9.78 Å². The molecule has 3 heterocycles. The van der Waals surface area contributed by atoms with Gasteiger partial charge in [0, 0.05) is 0 Å². The Hall–Kier alpha value is -3.09. The van der Waals surface area contributed by atoms with Crippen LogP contribution in [0, 0.1) is 0 Å². The van der Waals surface area contributed by atoms with Gasteiger partial charge in [-0.05, 0) is 18.1 Å².